The predicted octanol–water partition coefficient (Wildman–Crippen LogP) is 2.62. The van der Waals surface area contributed by atoms with Gasteiger partial charge in [0.25, 0.3) is 11.8 Å². The summed E-state index contributed by atoms with van der Waals surface area (Å²) in [5.41, 5.74) is 2.44. The van der Waals surface area contributed by atoms with Crippen LogP contribution in [0.3, 0.4) is 0 Å². The molecule has 2 aromatic carbocycles. The molecular formula is C25H31N3O5S. The van der Waals surface area contributed by atoms with Gasteiger partial charge in [0, 0.05) is 36.8 Å². The number of carbonyl (C=O) groups excluding carboxylic acids is 2. The van der Waals surface area contributed by atoms with Crippen molar-refractivity contribution in [3.63, 3.8) is 0 Å². The number of sulfonamides is 1. The van der Waals surface area contributed by atoms with Crippen LogP contribution in [0.4, 0.5) is 0 Å². The third-order valence-corrected chi connectivity index (χ3v) is 7.54. The summed E-state index contributed by atoms with van der Waals surface area (Å²) in [4.78, 5) is 27.5. The van der Waals surface area contributed by atoms with Crippen LogP contribution in [0.25, 0.3) is 0 Å². The molecular weight excluding hydrogens is 454 g/mol. The fraction of sp³-hybridized carbons (Fsp3) is 0.440. The van der Waals surface area contributed by atoms with Crippen molar-refractivity contribution in [2.75, 3.05) is 13.1 Å². The second-order valence-electron chi connectivity index (χ2n) is 9.22. The van der Waals surface area contributed by atoms with Gasteiger partial charge in [-0.25, -0.2) is 13.1 Å². The molecule has 0 bridgehead atoms. The van der Waals surface area contributed by atoms with E-state index in [1.54, 1.807) is 30.0 Å². The van der Waals surface area contributed by atoms with Crippen LogP contribution < -0.4 is 10.0 Å². The van der Waals surface area contributed by atoms with E-state index in [1.165, 1.54) is 12.1 Å². The Bertz CT molecular complexity index is 1170. The fourth-order valence-corrected chi connectivity index (χ4v) is 5.40. The van der Waals surface area contributed by atoms with Crippen molar-refractivity contribution >= 4 is 21.8 Å². The molecule has 182 valence electrons. The van der Waals surface area contributed by atoms with Gasteiger partial charge < -0.3 is 15.0 Å². The first-order chi connectivity index (χ1) is 16.1. The van der Waals surface area contributed by atoms with E-state index in [2.05, 4.69) is 10.0 Å². The molecule has 1 saturated carbocycles. The lowest BCUT2D eigenvalue weighted by Crippen LogP contribution is -2.48. The van der Waals surface area contributed by atoms with Crippen LogP contribution in [0.15, 0.2) is 47.4 Å². The highest BCUT2D eigenvalue weighted by Gasteiger charge is 2.29. The molecule has 1 aliphatic carbocycles. The number of hydrogen-bond acceptors (Lipinski definition) is 5. The van der Waals surface area contributed by atoms with E-state index >= 15 is 0 Å². The van der Waals surface area contributed by atoms with E-state index in [4.69, 9.17) is 4.74 Å². The standard InChI is InChI=1S/C25H31N3O5S/c1-16-4-11-22(34(31,32)27-21-9-10-21)12-23(16)24(29)26-13-19-5-7-20(8-6-19)25(30)28-14-17(2)33-18(3)15-28/h4-8,11-12,17-18,21,27H,9-10,13-15H2,1-3H3,(H,26,29). The summed E-state index contributed by atoms with van der Waals surface area (Å²) in [5, 5.41) is 2.85. The van der Waals surface area contributed by atoms with E-state index in [-0.39, 0.29) is 41.5 Å². The first-order valence-electron chi connectivity index (χ1n) is 11.6. The zero-order valence-electron chi connectivity index (χ0n) is 19.7. The number of morpholine rings is 1. The van der Waals surface area contributed by atoms with E-state index < -0.39 is 10.0 Å². The fourth-order valence-electron chi connectivity index (χ4n) is 4.07. The van der Waals surface area contributed by atoms with Gasteiger partial charge >= 0.3 is 0 Å². The molecule has 4 rings (SSSR count). The predicted molar refractivity (Wildman–Crippen MR) is 128 cm³/mol. The van der Waals surface area contributed by atoms with Gasteiger partial charge in [-0.15, -0.1) is 0 Å². The van der Waals surface area contributed by atoms with Crippen molar-refractivity contribution in [1.29, 1.82) is 0 Å². The highest BCUT2D eigenvalue weighted by molar-refractivity contribution is 7.89. The molecule has 9 heteroatoms. The van der Waals surface area contributed by atoms with Crippen molar-refractivity contribution in [3.05, 3.63) is 64.7 Å². The minimum atomic E-state index is -3.64. The molecule has 34 heavy (non-hydrogen) atoms. The van der Waals surface area contributed by atoms with Gasteiger partial charge in [-0.1, -0.05) is 18.2 Å². The van der Waals surface area contributed by atoms with Crippen LogP contribution in [-0.4, -0.2) is 56.5 Å². The number of nitrogens with zero attached hydrogens (tertiary/aromatic N) is 1. The second-order valence-corrected chi connectivity index (χ2v) is 10.9. The van der Waals surface area contributed by atoms with Crippen molar-refractivity contribution in [1.82, 2.24) is 14.9 Å². The van der Waals surface area contributed by atoms with Crippen molar-refractivity contribution in [2.45, 2.75) is 63.3 Å². The average Bonchev–Trinajstić information content (AvgIpc) is 3.60. The van der Waals surface area contributed by atoms with Crippen LogP contribution in [0.2, 0.25) is 0 Å². The Kier molecular flexibility index (Phi) is 7.06. The average molecular weight is 486 g/mol. The number of benzene rings is 2. The van der Waals surface area contributed by atoms with E-state index in [1.807, 2.05) is 26.0 Å². The molecule has 0 radical (unpaired) electrons. The third-order valence-electron chi connectivity index (χ3n) is 6.02. The highest BCUT2D eigenvalue weighted by atomic mass is 32.2. The minimum absolute atomic E-state index is 0.00335. The SMILES string of the molecule is Cc1ccc(S(=O)(=O)NC2CC2)cc1C(=O)NCc1ccc(C(=O)N2CC(C)OC(C)C2)cc1. The summed E-state index contributed by atoms with van der Waals surface area (Å²) < 4.78 is 33.3. The summed E-state index contributed by atoms with van der Waals surface area (Å²) in [6, 6.07) is 11.7. The Morgan fingerprint density at radius 1 is 1.03 bits per heavy atom. The van der Waals surface area contributed by atoms with Crippen molar-refractivity contribution in [2.24, 2.45) is 0 Å². The quantitative estimate of drug-likeness (QED) is 0.627. The van der Waals surface area contributed by atoms with E-state index in [0.717, 1.165) is 18.4 Å². The smallest absolute Gasteiger partial charge is 0.254 e. The summed E-state index contributed by atoms with van der Waals surface area (Å²) in [7, 11) is -3.64. The molecule has 2 atom stereocenters. The van der Waals surface area contributed by atoms with Crippen LogP contribution in [0.5, 0.6) is 0 Å². The lowest BCUT2D eigenvalue weighted by Gasteiger charge is -2.35. The topological polar surface area (TPSA) is 105 Å². The molecule has 0 spiro atoms. The lowest BCUT2D eigenvalue weighted by molar-refractivity contribution is -0.0586. The number of amides is 2. The van der Waals surface area contributed by atoms with Crippen molar-refractivity contribution < 1.29 is 22.7 Å². The monoisotopic (exact) mass is 485 g/mol. The zero-order valence-corrected chi connectivity index (χ0v) is 20.5. The Morgan fingerprint density at radius 2 is 1.68 bits per heavy atom. The van der Waals surface area contributed by atoms with Crippen LogP contribution in [0.1, 0.15) is 58.5 Å². The Balaban J connectivity index is 1.38. The molecule has 2 fully saturated rings. The van der Waals surface area contributed by atoms with Gasteiger partial charge in [0.2, 0.25) is 10.0 Å². The molecule has 1 aliphatic heterocycles. The lowest BCUT2D eigenvalue weighted by atomic mass is 10.1. The molecule has 2 aromatic rings. The molecule has 2 N–H and O–H groups in total. The highest BCUT2D eigenvalue weighted by Crippen LogP contribution is 2.23. The van der Waals surface area contributed by atoms with Crippen molar-refractivity contribution in [3.8, 4) is 0 Å². The molecule has 2 amide bonds. The first kappa shape index (κ1) is 24.4. The number of nitrogens with one attached hydrogen (secondary N) is 2. The Hall–Kier alpha value is -2.75. The Morgan fingerprint density at radius 3 is 2.29 bits per heavy atom. The normalized spacial score (nSPS) is 20.7. The second kappa shape index (κ2) is 9.85. The maximum atomic E-state index is 12.8. The summed E-state index contributed by atoms with van der Waals surface area (Å²) >= 11 is 0. The minimum Gasteiger partial charge on any atom is -0.372 e. The largest absolute Gasteiger partial charge is 0.372 e. The molecule has 2 aliphatic rings. The van der Waals surface area contributed by atoms with Crippen LogP contribution in [-0.2, 0) is 21.3 Å². The zero-order chi connectivity index (χ0) is 24.5. The number of carbonyl (C=O) groups is 2. The summed E-state index contributed by atoms with van der Waals surface area (Å²) in [6.07, 6.45) is 1.69. The molecule has 1 saturated heterocycles. The maximum Gasteiger partial charge on any atom is 0.254 e. The molecule has 1 heterocycles. The molecule has 0 aromatic heterocycles. The van der Waals surface area contributed by atoms with Gasteiger partial charge in [-0.2, -0.15) is 0 Å². The maximum absolute atomic E-state index is 12.8. The van der Waals surface area contributed by atoms with Crippen LogP contribution >= 0.6 is 0 Å². The van der Waals surface area contributed by atoms with Gasteiger partial charge in [0.05, 0.1) is 17.1 Å². The number of aryl methyl sites for hydroxylation is 1. The van der Waals surface area contributed by atoms with Gasteiger partial charge in [0.15, 0.2) is 0 Å². The van der Waals surface area contributed by atoms with Gasteiger partial charge in [-0.3, -0.25) is 9.59 Å². The first-order valence-corrected chi connectivity index (χ1v) is 13.1. The van der Waals surface area contributed by atoms with E-state index in [0.29, 0.717) is 29.8 Å². The molecule has 2 unspecified atom stereocenters. The summed E-state index contributed by atoms with van der Waals surface area (Å²) in [5.74, 6) is -0.386. The number of ether oxygens (including phenoxy) is 1. The summed E-state index contributed by atoms with van der Waals surface area (Å²) in [6.45, 7) is 7.07. The molecule has 8 nitrogen and oxygen atoms in total. The van der Waals surface area contributed by atoms with Gasteiger partial charge in [0.1, 0.15) is 0 Å². The van der Waals surface area contributed by atoms with Gasteiger partial charge in [-0.05, 0) is 69.0 Å². The number of hydrogen-bond donors (Lipinski definition) is 2. The Labute approximate surface area is 200 Å². The third kappa shape index (κ3) is 5.84. The van der Waals surface area contributed by atoms with Crippen LogP contribution in [0, 0.1) is 6.92 Å². The van der Waals surface area contributed by atoms with E-state index in [9.17, 15) is 18.0 Å². The number of rotatable bonds is 7.